The number of aliphatic imine (C=N–C) groups is 7. The van der Waals surface area contributed by atoms with Gasteiger partial charge >= 0.3 is 0 Å². The van der Waals surface area contributed by atoms with Crippen LogP contribution in [0.1, 0.15) is 28.7 Å². The summed E-state index contributed by atoms with van der Waals surface area (Å²) in [5, 5.41) is 63.3. The third kappa shape index (κ3) is 28.2. The highest BCUT2D eigenvalue weighted by Gasteiger charge is 2.15. The molecule has 0 heterocycles. The molecule has 0 atom stereocenters. The van der Waals surface area contributed by atoms with Gasteiger partial charge in [-0.05, 0) is 87.2 Å². The number of nitro benzene ring substituents is 6. The number of nitro groups is 6. The van der Waals surface area contributed by atoms with E-state index in [2.05, 4.69) is 50.9 Å². The van der Waals surface area contributed by atoms with E-state index in [0.717, 1.165) is 47.7 Å². The summed E-state index contributed by atoms with van der Waals surface area (Å²) < 4.78 is 12.7. The van der Waals surface area contributed by atoms with Gasteiger partial charge in [-0.2, -0.15) is 30.0 Å². The molecule has 0 saturated carbocycles. The fraction of sp³-hybridized carbons (Fsp3) is 0.140. The summed E-state index contributed by atoms with van der Waals surface area (Å²) in [6.45, 7) is 7.28. The van der Waals surface area contributed by atoms with Crippen LogP contribution in [0, 0.1) is 94.2 Å². The minimum Gasteiger partial charge on any atom is -0.258 e. The van der Waals surface area contributed by atoms with E-state index < -0.39 is 35.4 Å². The van der Waals surface area contributed by atoms with Crippen LogP contribution in [0.15, 0.2) is 144 Å². The highest BCUT2D eigenvalue weighted by atomic mass is 79.9. The van der Waals surface area contributed by atoms with E-state index in [1.54, 1.807) is 33.8 Å². The van der Waals surface area contributed by atoms with Crippen LogP contribution < -0.4 is 0 Å². The SMILES string of the molecule is Cc1cc([N+](=O)[O-])ccc1N=C=O.Cc1ccc(N=C=O)c([N+](=O)[O-])c1.Cc1ccc(N=C=O)cc1[N+](=O)[O-].Cc1ccc([N+](=O)[O-])cc1N=C=O.O=C=NCCCBr.O=C=Nc1cc([N+](=O)[O-])ccc1F.O=C=Nc1ccc(Cl)cc1[N+](=O)[O-]. The smallest absolute Gasteiger partial charge is 0.258 e. The molecule has 6 aromatic carbocycles. The predicted molar refractivity (Wildman–Crippen MR) is 301 cm³/mol. The Balaban J connectivity index is 0.000000975. The quantitative estimate of drug-likeness (QED) is 0.0230. The third-order valence-corrected chi connectivity index (χ3v) is 10.1. The van der Waals surface area contributed by atoms with E-state index in [1.165, 1.54) is 115 Å². The molecule has 0 aliphatic heterocycles. The average molecular weight is 1260 g/mol. The van der Waals surface area contributed by atoms with Crippen molar-refractivity contribution in [2.45, 2.75) is 34.1 Å². The second-order valence-electron chi connectivity index (χ2n) is 15.0. The first-order valence-corrected chi connectivity index (χ1v) is 23.8. The Bertz CT molecular complexity index is 3570. The molecule has 0 aromatic heterocycles. The first-order valence-electron chi connectivity index (χ1n) is 22.3. The lowest BCUT2D eigenvalue weighted by Crippen LogP contribution is -1.90. The molecule has 0 radical (unpaired) electrons. The summed E-state index contributed by atoms with van der Waals surface area (Å²) in [5.74, 6) is -0.797. The molecular formula is C50H36BrClFN13O19. The molecule has 436 valence electrons. The average Bonchev–Trinajstić information content (AvgIpc) is 3.53. The van der Waals surface area contributed by atoms with Crippen molar-refractivity contribution in [3.05, 3.63) is 203 Å². The Labute approximate surface area is 488 Å². The van der Waals surface area contributed by atoms with Crippen molar-refractivity contribution in [1.29, 1.82) is 0 Å². The molecular weight excluding hydrogens is 1220 g/mol. The van der Waals surface area contributed by atoms with Gasteiger partial charge < -0.3 is 0 Å². The number of non-ortho nitro benzene ring substituents is 3. The Morgan fingerprint density at radius 2 is 0.847 bits per heavy atom. The largest absolute Gasteiger partial charge is 0.297 e. The highest BCUT2D eigenvalue weighted by Crippen LogP contribution is 2.31. The number of nitrogens with zero attached hydrogens (tertiary/aromatic N) is 13. The van der Waals surface area contributed by atoms with Crippen LogP contribution in [0.2, 0.25) is 5.02 Å². The van der Waals surface area contributed by atoms with Crippen molar-refractivity contribution in [2.75, 3.05) is 11.9 Å². The fourth-order valence-electron chi connectivity index (χ4n) is 5.37. The molecule has 0 bridgehead atoms. The maximum absolute atomic E-state index is 12.7. The number of carbonyl (C=O) groups excluding carboxylic acids is 7. The first-order chi connectivity index (χ1) is 40.3. The van der Waals surface area contributed by atoms with Crippen LogP contribution in [-0.2, 0) is 33.6 Å². The van der Waals surface area contributed by atoms with Gasteiger partial charge in [-0.15, -0.1) is 0 Å². The second kappa shape index (κ2) is 40.3. The van der Waals surface area contributed by atoms with Crippen LogP contribution >= 0.6 is 27.5 Å². The fourth-order valence-corrected chi connectivity index (χ4v) is 5.79. The standard InChI is InChI=1S/4C8H6N2O3.C7H3ClN2O3.C7H3FN2O3.C4H6BrNO/c1-6-4-7(10(12)13)2-3-8(6)9-5-11;1-6-2-3-7(10(12)13)4-8(6)9-5-11;1-6-2-3-7(9-5-11)4-8(6)10(12)13;1-6-2-3-7(9-5-11)8(4-6)10(12)13;8-5-1-2-6(9-4-11)7(3-5)10(12)13;8-6-2-1-5(10(12)13)3-7(6)9-4-11;5-2-1-3-6-4-7/h4*2-4H,1H3;2*1-3H;1-3H2. The molecule has 85 heavy (non-hydrogen) atoms. The molecule has 0 N–H and O–H groups in total. The van der Waals surface area contributed by atoms with Crippen LogP contribution in [-0.4, -0.2) is 84.0 Å². The number of halogens is 3. The van der Waals surface area contributed by atoms with Gasteiger partial charge in [-0.3, -0.25) is 60.7 Å². The number of hydrogen-bond donors (Lipinski definition) is 0. The molecule has 32 nitrogen and oxygen atoms in total. The third-order valence-electron chi connectivity index (χ3n) is 9.26. The molecule has 0 saturated heterocycles. The van der Waals surface area contributed by atoms with Crippen molar-refractivity contribution >= 4 is 138 Å². The molecule has 0 spiro atoms. The molecule has 35 heteroatoms. The van der Waals surface area contributed by atoms with Gasteiger partial charge in [0.1, 0.15) is 11.5 Å². The minimum atomic E-state index is -0.797. The van der Waals surface area contributed by atoms with Crippen molar-refractivity contribution < 1.29 is 67.5 Å². The molecule has 0 fully saturated rings. The molecule has 6 rings (SSSR count). The van der Waals surface area contributed by atoms with E-state index in [9.17, 15) is 98.6 Å². The molecule has 0 unspecified atom stereocenters. The normalized spacial score (nSPS) is 8.88. The minimum absolute atomic E-state index is 0.0117. The molecule has 0 aliphatic rings. The van der Waals surface area contributed by atoms with Crippen molar-refractivity contribution in [1.82, 2.24) is 0 Å². The predicted octanol–water partition coefficient (Wildman–Crippen LogP) is 12.5. The molecule has 0 aliphatic carbocycles. The zero-order chi connectivity index (χ0) is 64.6. The highest BCUT2D eigenvalue weighted by molar-refractivity contribution is 9.09. The summed E-state index contributed by atoms with van der Waals surface area (Å²) in [6.07, 6.45) is 10.0. The van der Waals surface area contributed by atoms with Crippen molar-refractivity contribution in [2.24, 2.45) is 34.9 Å². The number of benzene rings is 6. The molecule has 0 amide bonds. The van der Waals surface area contributed by atoms with Gasteiger partial charge in [-0.25, -0.2) is 42.9 Å². The monoisotopic (exact) mass is 1260 g/mol. The van der Waals surface area contributed by atoms with Gasteiger partial charge in [0.05, 0.1) is 53.1 Å². The number of alkyl halides is 1. The number of hydrogen-bond acceptors (Lipinski definition) is 26. The van der Waals surface area contributed by atoms with Crippen LogP contribution in [0.4, 0.5) is 72.6 Å². The van der Waals surface area contributed by atoms with Crippen molar-refractivity contribution in [3.63, 3.8) is 0 Å². The lowest BCUT2D eigenvalue weighted by Gasteiger charge is -1.96. The van der Waals surface area contributed by atoms with E-state index in [4.69, 9.17) is 11.6 Å². The Morgan fingerprint density at radius 3 is 1.33 bits per heavy atom. The van der Waals surface area contributed by atoms with E-state index >= 15 is 0 Å². The summed E-state index contributed by atoms with van der Waals surface area (Å²) in [4.78, 5) is 150. The lowest BCUT2D eigenvalue weighted by molar-refractivity contribution is -0.385. The van der Waals surface area contributed by atoms with Crippen LogP contribution in [0.3, 0.4) is 0 Å². The van der Waals surface area contributed by atoms with E-state index in [0.29, 0.717) is 28.9 Å². The van der Waals surface area contributed by atoms with Crippen molar-refractivity contribution in [3.8, 4) is 0 Å². The summed E-state index contributed by atoms with van der Waals surface area (Å²) >= 11 is 8.71. The van der Waals surface area contributed by atoms with Gasteiger partial charge in [0, 0.05) is 70.5 Å². The van der Waals surface area contributed by atoms with E-state index in [-0.39, 0.29) is 67.6 Å². The number of rotatable bonds is 15. The first kappa shape index (κ1) is 73.1. The Hall–Kier alpha value is -11.9. The van der Waals surface area contributed by atoms with E-state index in [1.807, 2.05) is 0 Å². The van der Waals surface area contributed by atoms with Gasteiger partial charge in [0.15, 0.2) is 11.4 Å². The zero-order valence-corrected chi connectivity index (χ0v) is 46.1. The topological polar surface area (TPSA) is 465 Å². The Kier molecular flexibility index (Phi) is 34.6. The Morgan fingerprint density at radius 1 is 0.424 bits per heavy atom. The summed E-state index contributed by atoms with van der Waals surface area (Å²) in [7, 11) is 0. The van der Waals surface area contributed by atoms with Gasteiger partial charge in [0.25, 0.3) is 34.1 Å². The van der Waals surface area contributed by atoms with Gasteiger partial charge in [0.2, 0.25) is 42.6 Å². The maximum atomic E-state index is 12.7. The summed E-state index contributed by atoms with van der Waals surface area (Å²) in [5.41, 5.74) is 2.14. The maximum Gasteiger partial charge on any atom is 0.297 e. The molecule has 6 aromatic rings. The van der Waals surface area contributed by atoms with Gasteiger partial charge in [-0.1, -0.05) is 45.7 Å². The zero-order valence-electron chi connectivity index (χ0n) is 43.7. The number of aryl methyl sites for hydroxylation is 4. The lowest BCUT2D eigenvalue weighted by atomic mass is 10.2. The summed E-state index contributed by atoms with van der Waals surface area (Å²) in [6, 6.07) is 23.4. The second-order valence-corrected chi connectivity index (χ2v) is 16.2. The van der Waals surface area contributed by atoms with Crippen LogP contribution in [0.25, 0.3) is 0 Å². The number of isocyanates is 7. The van der Waals surface area contributed by atoms with Crippen LogP contribution in [0.5, 0.6) is 0 Å².